The minimum Gasteiger partial charge on any atom is -0.357 e. The molecule has 0 fully saturated rings. The van der Waals surface area contributed by atoms with Crippen molar-refractivity contribution in [1.82, 2.24) is 30.0 Å². The van der Waals surface area contributed by atoms with E-state index < -0.39 is 0 Å². The number of hydrogen-bond donors (Lipinski definition) is 2. The fraction of sp³-hybridized carbons (Fsp3) is 0.219. The van der Waals surface area contributed by atoms with Gasteiger partial charge in [-0.15, -0.1) is 0 Å². The van der Waals surface area contributed by atoms with Gasteiger partial charge in [-0.1, -0.05) is 24.8 Å². The number of allylic oxidation sites excluding steroid dienone is 2. The number of aromatic nitrogens is 5. The van der Waals surface area contributed by atoms with Crippen LogP contribution < -0.4 is 0 Å². The van der Waals surface area contributed by atoms with E-state index in [0.717, 1.165) is 80.8 Å². The third-order valence-electron chi connectivity index (χ3n) is 6.96. The number of nitrogens with zero attached hydrogens (tertiary/aromatic N) is 4. The zero-order chi connectivity index (χ0) is 27.5. The fourth-order valence-corrected chi connectivity index (χ4v) is 5.00. The fourth-order valence-electron chi connectivity index (χ4n) is 5.00. The Morgan fingerprint density at radius 2 is 1.95 bits per heavy atom. The summed E-state index contributed by atoms with van der Waals surface area (Å²) in [6.07, 6.45) is 10.9. The van der Waals surface area contributed by atoms with Gasteiger partial charge < -0.3 is 9.88 Å². The molecule has 0 aliphatic carbocycles. The minimum absolute atomic E-state index is 0.236. The van der Waals surface area contributed by atoms with Crippen LogP contribution in [-0.2, 0) is 6.42 Å². The largest absolute Gasteiger partial charge is 0.357 e. The van der Waals surface area contributed by atoms with Crippen LogP contribution in [0.25, 0.3) is 39.1 Å². The summed E-state index contributed by atoms with van der Waals surface area (Å²) in [5.41, 5.74) is 10.2. The highest BCUT2D eigenvalue weighted by Crippen LogP contribution is 2.34. The van der Waals surface area contributed by atoms with Gasteiger partial charge in [0.05, 0.1) is 11.4 Å². The van der Waals surface area contributed by atoms with Gasteiger partial charge >= 0.3 is 0 Å². The number of aromatic amines is 2. The summed E-state index contributed by atoms with van der Waals surface area (Å²) in [7, 11) is 4.10. The number of rotatable bonds is 9. The number of fused-ring (bicyclic) bond motifs is 1. The van der Waals surface area contributed by atoms with Crippen molar-refractivity contribution >= 4 is 16.6 Å². The Kier molecular flexibility index (Phi) is 7.52. The van der Waals surface area contributed by atoms with Crippen molar-refractivity contribution < 1.29 is 4.39 Å². The molecule has 0 amide bonds. The molecule has 0 aliphatic heterocycles. The Hall–Kier alpha value is -4.36. The molecule has 5 rings (SSSR count). The molecular formula is C32H33FN6. The zero-order valence-corrected chi connectivity index (χ0v) is 22.8. The van der Waals surface area contributed by atoms with Crippen molar-refractivity contribution in [2.24, 2.45) is 0 Å². The SMILES string of the molecule is C=C/C=C(/c1cc(F)cc(CCCN(C)C)c1)c1cc(-c2[nH]nc3ncc(-c4cnccc4C)cc23)[nH]c1C. The smallest absolute Gasteiger partial charge is 0.181 e. The summed E-state index contributed by atoms with van der Waals surface area (Å²) in [5, 5.41) is 8.51. The first-order chi connectivity index (χ1) is 18.8. The van der Waals surface area contributed by atoms with Gasteiger partial charge in [0.1, 0.15) is 5.82 Å². The molecule has 0 spiro atoms. The van der Waals surface area contributed by atoms with Crippen molar-refractivity contribution in [3.8, 4) is 22.5 Å². The van der Waals surface area contributed by atoms with Gasteiger partial charge in [0.2, 0.25) is 0 Å². The van der Waals surface area contributed by atoms with Crippen LogP contribution in [0, 0.1) is 19.7 Å². The van der Waals surface area contributed by atoms with E-state index in [-0.39, 0.29) is 5.82 Å². The van der Waals surface area contributed by atoms with Crippen LogP contribution in [0.5, 0.6) is 0 Å². The van der Waals surface area contributed by atoms with Gasteiger partial charge in [-0.2, -0.15) is 5.10 Å². The molecule has 0 atom stereocenters. The summed E-state index contributed by atoms with van der Waals surface area (Å²) < 4.78 is 14.7. The Labute approximate surface area is 228 Å². The Morgan fingerprint density at radius 1 is 1.10 bits per heavy atom. The van der Waals surface area contributed by atoms with E-state index in [1.807, 2.05) is 45.6 Å². The van der Waals surface area contributed by atoms with E-state index in [0.29, 0.717) is 5.65 Å². The summed E-state index contributed by atoms with van der Waals surface area (Å²) in [5.74, 6) is -0.236. The van der Waals surface area contributed by atoms with Crippen molar-refractivity contribution in [1.29, 1.82) is 0 Å². The van der Waals surface area contributed by atoms with Crippen molar-refractivity contribution in [3.05, 3.63) is 107 Å². The van der Waals surface area contributed by atoms with Gasteiger partial charge in [-0.25, -0.2) is 9.37 Å². The average Bonchev–Trinajstić information content (AvgIpc) is 3.49. The number of halogens is 1. The zero-order valence-electron chi connectivity index (χ0n) is 22.8. The van der Waals surface area contributed by atoms with Crippen LogP contribution >= 0.6 is 0 Å². The Balaban J connectivity index is 1.54. The summed E-state index contributed by atoms with van der Waals surface area (Å²) in [4.78, 5) is 14.5. The van der Waals surface area contributed by atoms with Crippen molar-refractivity contribution in [2.75, 3.05) is 20.6 Å². The molecule has 0 unspecified atom stereocenters. The third-order valence-corrected chi connectivity index (χ3v) is 6.96. The highest BCUT2D eigenvalue weighted by Gasteiger charge is 2.18. The second-order valence-electron chi connectivity index (χ2n) is 10.2. The van der Waals surface area contributed by atoms with E-state index in [1.54, 1.807) is 24.4 Å². The molecule has 0 saturated heterocycles. The van der Waals surface area contributed by atoms with Crippen molar-refractivity contribution in [3.63, 3.8) is 0 Å². The van der Waals surface area contributed by atoms with E-state index in [2.05, 4.69) is 61.8 Å². The van der Waals surface area contributed by atoms with Gasteiger partial charge in [0.25, 0.3) is 0 Å². The van der Waals surface area contributed by atoms with Crippen LogP contribution in [-0.4, -0.2) is 50.7 Å². The monoisotopic (exact) mass is 520 g/mol. The third kappa shape index (κ3) is 5.59. The Bertz CT molecular complexity index is 1670. The standard InChI is InChI=1S/C32H33FN6/c1-6-8-26(23-13-22(14-25(33)15-23)9-7-12-39(4)5)27-17-30(36-21(27)3)31-28-16-24(18-35-32(28)38-37-31)29-19-34-11-10-20(29)2/h6,8,10-11,13-19,36H,1,7,9,12H2,2-5H3,(H,35,37,38)/b26-8-. The number of nitrogens with one attached hydrogen (secondary N) is 2. The van der Waals surface area contributed by atoms with E-state index in [4.69, 9.17) is 0 Å². The lowest BCUT2D eigenvalue weighted by Crippen LogP contribution is -2.13. The molecule has 2 N–H and O–H groups in total. The molecule has 7 heteroatoms. The van der Waals surface area contributed by atoms with Gasteiger partial charge in [0, 0.05) is 46.4 Å². The highest BCUT2D eigenvalue weighted by molar-refractivity contribution is 5.94. The molecule has 0 aliphatic rings. The predicted octanol–water partition coefficient (Wildman–Crippen LogP) is 6.88. The molecule has 0 saturated carbocycles. The number of hydrogen-bond acceptors (Lipinski definition) is 4. The lowest BCUT2D eigenvalue weighted by Gasteiger charge is -2.12. The van der Waals surface area contributed by atoms with Gasteiger partial charge in [-0.3, -0.25) is 10.1 Å². The molecule has 1 aromatic carbocycles. The van der Waals surface area contributed by atoms with Crippen LogP contribution in [0.15, 0.2) is 73.7 Å². The van der Waals surface area contributed by atoms with Gasteiger partial charge in [-0.05, 0) is 99.9 Å². The second kappa shape index (κ2) is 11.2. The van der Waals surface area contributed by atoms with Crippen LogP contribution in [0.1, 0.15) is 34.4 Å². The molecule has 198 valence electrons. The minimum atomic E-state index is -0.236. The second-order valence-corrected chi connectivity index (χ2v) is 10.2. The predicted molar refractivity (Wildman–Crippen MR) is 157 cm³/mol. The molecule has 4 heterocycles. The molecule has 5 aromatic rings. The Morgan fingerprint density at radius 3 is 2.72 bits per heavy atom. The lowest BCUT2D eigenvalue weighted by molar-refractivity contribution is 0.400. The first kappa shape index (κ1) is 26.3. The van der Waals surface area contributed by atoms with Gasteiger partial charge in [0.15, 0.2) is 5.65 Å². The summed E-state index contributed by atoms with van der Waals surface area (Å²) >= 11 is 0. The van der Waals surface area contributed by atoms with Crippen molar-refractivity contribution in [2.45, 2.75) is 26.7 Å². The first-order valence-corrected chi connectivity index (χ1v) is 13.1. The molecule has 6 nitrogen and oxygen atoms in total. The van der Waals surface area contributed by atoms with Crippen LogP contribution in [0.4, 0.5) is 4.39 Å². The maximum Gasteiger partial charge on any atom is 0.181 e. The molecule has 0 bridgehead atoms. The highest BCUT2D eigenvalue weighted by atomic mass is 19.1. The van der Waals surface area contributed by atoms with Crippen LogP contribution in [0.3, 0.4) is 0 Å². The maximum absolute atomic E-state index is 14.7. The lowest BCUT2D eigenvalue weighted by atomic mass is 9.94. The normalized spacial score (nSPS) is 12.0. The number of pyridine rings is 2. The quantitative estimate of drug-likeness (QED) is 0.208. The molecular weight excluding hydrogens is 487 g/mol. The first-order valence-electron chi connectivity index (χ1n) is 13.1. The van der Waals surface area contributed by atoms with E-state index in [1.165, 1.54) is 0 Å². The summed E-state index contributed by atoms with van der Waals surface area (Å²) in [6, 6.07) is 11.5. The maximum atomic E-state index is 14.7. The van der Waals surface area contributed by atoms with E-state index in [9.17, 15) is 4.39 Å². The average molecular weight is 521 g/mol. The molecule has 39 heavy (non-hydrogen) atoms. The summed E-state index contributed by atoms with van der Waals surface area (Å²) in [6.45, 7) is 8.96. The van der Waals surface area contributed by atoms with E-state index >= 15 is 0 Å². The number of aryl methyl sites for hydroxylation is 3. The molecule has 4 aromatic heterocycles. The molecule has 0 radical (unpaired) electrons. The topological polar surface area (TPSA) is 73.5 Å². The number of H-pyrrole nitrogens is 2. The van der Waals surface area contributed by atoms with Crippen LogP contribution in [0.2, 0.25) is 0 Å². The number of benzene rings is 1.